The van der Waals surface area contributed by atoms with Crippen LogP contribution >= 0.6 is 23.4 Å². The highest BCUT2D eigenvalue weighted by Crippen LogP contribution is 2.23. The Morgan fingerprint density at radius 3 is 2.89 bits per heavy atom. The van der Waals surface area contributed by atoms with Crippen molar-refractivity contribution in [1.29, 1.82) is 0 Å². The number of benzene rings is 1. The van der Waals surface area contributed by atoms with Gasteiger partial charge in [0.05, 0.1) is 11.4 Å². The second-order valence-electron chi connectivity index (χ2n) is 4.30. The van der Waals surface area contributed by atoms with Crippen LogP contribution in [0.1, 0.15) is 26.7 Å². The van der Waals surface area contributed by atoms with E-state index in [0.717, 1.165) is 12.2 Å². The van der Waals surface area contributed by atoms with E-state index in [1.54, 1.807) is 18.2 Å². The smallest absolute Gasteiger partial charge is 0.224 e. The number of hydrogen-bond acceptors (Lipinski definition) is 3. The predicted octanol–water partition coefficient (Wildman–Crippen LogP) is 3.78. The van der Waals surface area contributed by atoms with Crippen molar-refractivity contribution >= 4 is 40.6 Å². The number of anilines is 2. The highest BCUT2D eigenvalue weighted by Gasteiger charge is 2.06. The number of nitrogens with two attached hydrogens (primary N) is 1. The first-order valence-corrected chi connectivity index (χ1v) is 7.38. The van der Waals surface area contributed by atoms with Crippen molar-refractivity contribution in [2.45, 2.75) is 31.9 Å². The number of carbonyl (C=O) groups is 1. The van der Waals surface area contributed by atoms with Gasteiger partial charge in [0.25, 0.3) is 0 Å². The zero-order chi connectivity index (χ0) is 13.5. The van der Waals surface area contributed by atoms with Gasteiger partial charge in [0.1, 0.15) is 0 Å². The van der Waals surface area contributed by atoms with Gasteiger partial charge in [0, 0.05) is 11.4 Å². The second-order valence-corrected chi connectivity index (χ2v) is 6.42. The van der Waals surface area contributed by atoms with E-state index in [2.05, 4.69) is 19.2 Å². The van der Waals surface area contributed by atoms with Crippen molar-refractivity contribution in [3.05, 3.63) is 23.2 Å². The topological polar surface area (TPSA) is 55.1 Å². The third kappa shape index (κ3) is 5.65. The summed E-state index contributed by atoms with van der Waals surface area (Å²) in [6.45, 7) is 4.30. The highest BCUT2D eigenvalue weighted by atomic mass is 35.5. The van der Waals surface area contributed by atoms with Crippen LogP contribution in [0.3, 0.4) is 0 Å². The SMILES string of the molecule is CC(C)SCCCC(=O)Nc1cc(Cl)ccc1N. The monoisotopic (exact) mass is 286 g/mol. The molecule has 0 aliphatic carbocycles. The van der Waals surface area contributed by atoms with Gasteiger partial charge >= 0.3 is 0 Å². The predicted molar refractivity (Wildman–Crippen MR) is 81.3 cm³/mol. The Bertz CT molecular complexity index is 410. The second kappa shape index (κ2) is 7.54. The van der Waals surface area contributed by atoms with Crippen LogP contribution in [-0.4, -0.2) is 16.9 Å². The number of nitrogens with one attached hydrogen (secondary N) is 1. The molecule has 0 fully saturated rings. The summed E-state index contributed by atoms with van der Waals surface area (Å²) in [4.78, 5) is 11.7. The summed E-state index contributed by atoms with van der Waals surface area (Å²) in [6, 6.07) is 5.05. The molecule has 0 spiro atoms. The first-order chi connectivity index (χ1) is 8.49. The molecular formula is C13H19ClN2OS. The molecule has 0 saturated carbocycles. The quantitative estimate of drug-likeness (QED) is 0.618. The molecular weight excluding hydrogens is 268 g/mol. The number of rotatable bonds is 6. The van der Waals surface area contributed by atoms with Crippen molar-refractivity contribution in [3.63, 3.8) is 0 Å². The molecule has 100 valence electrons. The van der Waals surface area contributed by atoms with Gasteiger partial charge in [-0.15, -0.1) is 0 Å². The maximum atomic E-state index is 11.7. The minimum Gasteiger partial charge on any atom is -0.397 e. The molecule has 0 saturated heterocycles. The molecule has 3 nitrogen and oxygen atoms in total. The zero-order valence-electron chi connectivity index (χ0n) is 10.7. The lowest BCUT2D eigenvalue weighted by Gasteiger charge is -2.09. The lowest BCUT2D eigenvalue weighted by Crippen LogP contribution is -2.13. The van der Waals surface area contributed by atoms with E-state index in [1.807, 2.05) is 11.8 Å². The number of thioether (sulfide) groups is 1. The molecule has 1 amide bonds. The lowest BCUT2D eigenvalue weighted by atomic mass is 10.2. The first-order valence-electron chi connectivity index (χ1n) is 5.95. The molecule has 0 unspecified atom stereocenters. The third-order valence-electron chi connectivity index (χ3n) is 2.29. The van der Waals surface area contributed by atoms with Gasteiger partial charge < -0.3 is 11.1 Å². The molecule has 0 bridgehead atoms. The molecule has 1 aromatic carbocycles. The molecule has 18 heavy (non-hydrogen) atoms. The first kappa shape index (κ1) is 15.2. The van der Waals surface area contributed by atoms with Gasteiger partial charge in [0.15, 0.2) is 0 Å². The molecule has 1 rings (SSSR count). The fraction of sp³-hybridized carbons (Fsp3) is 0.462. The van der Waals surface area contributed by atoms with Crippen molar-refractivity contribution in [2.75, 3.05) is 16.8 Å². The van der Waals surface area contributed by atoms with Gasteiger partial charge in [-0.3, -0.25) is 4.79 Å². The normalized spacial score (nSPS) is 10.7. The molecule has 0 aromatic heterocycles. The summed E-state index contributed by atoms with van der Waals surface area (Å²) in [7, 11) is 0. The molecule has 0 aliphatic rings. The van der Waals surface area contributed by atoms with Crippen LogP contribution in [0.5, 0.6) is 0 Å². The minimum absolute atomic E-state index is 0.0201. The van der Waals surface area contributed by atoms with E-state index >= 15 is 0 Å². The van der Waals surface area contributed by atoms with E-state index in [-0.39, 0.29) is 5.91 Å². The van der Waals surface area contributed by atoms with Crippen LogP contribution in [0.4, 0.5) is 11.4 Å². The minimum atomic E-state index is -0.0201. The van der Waals surface area contributed by atoms with Crippen LogP contribution in [0.2, 0.25) is 5.02 Å². The van der Waals surface area contributed by atoms with Gasteiger partial charge in [0.2, 0.25) is 5.91 Å². The summed E-state index contributed by atoms with van der Waals surface area (Å²) in [6.07, 6.45) is 1.38. The van der Waals surface area contributed by atoms with Crippen molar-refractivity contribution in [1.82, 2.24) is 0 Å². The lowest BCUT2D eigenvalue weighted by molar-refractivity contribution is -0.116. The molecule has 0 radical (unpaired) electrons. The van der Waals surface area contributed by atoms with Gasteiger partial charge in [-0.2, -0.15) is 11.8 Å². The summed E-state index contributed by atoms with van der Waals surface area (Å²) >= 11 is 7.71. The van der Waals surface area contributed by atoms with E-state index < -0.39 is 0 Å². The summed E-state index contributed by atoms with van der Waals surface area (Å²) in [5.74, 6) is 0.976. The third-order valence-corrected chi connectivity index (χ3v) is 3.71. The Labute approximate surface area is 117 Å². The van der Waals surface area contributed by atoms with Crippen LogP contribution in [-0.2, 0) is 4.79 Å². The molecule has 0 heterocycles. The van der Waals surface area contributed by atoms with Crippen molar-refractivity contribution in [3.8, 4) is 0 Å². The molecule has 0 aliphatic heterocycles. The number of hydrogen-bond donors (Lipinski definition) is 2. The average Bonchev–Trinajstić information content (AvgIpc) is 2.29. The van der Waals surface area contributed by atoms with Crippen molar-refractivity contribution in [2.24, 2.45) is 0 Å². The van der Waals surface area contributed by atoms with Gasteiger partial charge in [-0.25, -0.2) is 0 Å². The number of nitrogen functional groups attached to an aromatic ring is 1. The standard InChI is InChI=1S/C13H19ClN2OS/c1-9(2)18-7-3-4-13(17)16-12-8-10(14)5-6-11(12)15/h5-6,8-9H,3-4,7,15H2,1-2H3,(H,16,17). The Morgan fingerprint density at radius 2 is 2.22 bits per heavy atom. The van der Waals surface area contributed by atoms with E-state index in [9.17, 15) is 4.79 Å². The zero-order valence-corrected chi connectivity index (χ0v) is 12.3. The molecule has 0 atom stereocenters. The maximum Gasteiger partial charge on any atom is 0.224 e. The Morgan fingerprint density at radius 1 is 1.50 bits per heavy atom. The largest absolute Gasteiger partial charge is 0.397 e. The van der Waals surface area contributed by atoms with Crippen LogP contribution in [0.15, 0.2) is 18.2 Å². The summed E-state index contributed by atoms with van der Waals surface area (Å²) < 4.78 is 0. The van der Waals surface area contributed by atoms with Crippen LogP contribution < -0.4 is 11.1 Å². The number of carbonyl (C=O) groups excluding carboxylic acids is 1. The fourth-order valence-electron chi connectivity index (χ4n) is 1.40. The van der Waals surface area contributed by atoms with Crippen LogP contribution in [0.25, 0.3) is 0 Å². The fourth-order valence-corrected chi connectivity index (χ4v) is 2.36. The molecule has 3 N–H and O–H groups in total. The van der Waals surface area contributed by atoms with E-state index in [0.29, 0.717) is 28.1 Å². The Hall–Kier alpha value is -0.870. The van der Waals surface area contributed by atoms with E-state index in [4.69, 9.17) is 17.3 Å². The molecule has 1 aromatic rings. The Balaban J connectivity index is 2.38. The summed E-state index contributed by atoms with van der Waals surface area (Å²) in [5.41, 5.74) is 6.87. The van der Waals surface area contributed by atoms with Gasteiger partial charge in [-0.1, -0.05) is 25.4 Å². The average molecular weight is 287 g/mol. The number of amides is 1. The van der Waals surface area contributed by atoms with E-state index in [1.165, 1.54) is 0 Å². The Kier molecular flexibility index (Phi) is 6.36. The van der Waals surface area contributed by atoms with Gasteiger partial charge in [-0.05, 0) is 35.6 Å². The molecule has 5 heteroatoms. The van der Waals surface area contributed by atoms with Crippen molar-refractivity contribution < 1.29 is 4.79 Å². The maximum absolute atomic E-state index is 11.7. The van der Waals surface area contributed by atoms with Crippen LogP contribution in [0, 0.1) is 0 Å². The number of halogens is 1. The summed E-state index contributed by atoms with van der Waals surface area (Å²) in [5, 5.41) is 3.95. The highest BCUT2D eigenvalue weighted by molar-refractivity contribution is 7.99.